The maximum atomic E-state index is 12.8. The van der Waals surface area contributed by atoms with Gasteiger partial charge in [-0.15, -0.1) is 0 Å². The molecular formula is C21H19Cl2F3N4O2. The fourth-order valence-electron chi connectivity index (χ4n) is 3.18. The van der Waals surface area contributed by atoms with Crippen molar-refractivity contribution in [2.75, 3.05) is 25.5 Å². The number of rotatable bonds is 4. The number of urea groups is 1. The smallest absolute Gasteiger partial charge is 0.359 e. The third kappa shape index (κ3) is 5.72. The third-order valence-corrected chi connectivity index (χ3v) is 5.47. The number of hydrogen-bond donors (Lipinski definition) is 2. The van der Waals surface area contributed by atoms with Gasteiger partial charge in [-0.05, 0) is 41.8 Å². The summed E-state index contributed by atoms with van der Waals surface area (Å²) < 4.78 is 38.4. The predicted molar refractivity (Wildman–Crippen MR) is 117 cm³/mol. The average Bonchev–Trinajstić information content (AvgIpc) is 2.73. The van der Waals surface area contributed by atoms with Gasteiger partial charge in [-0.25, -0.2) is 4.79 Å². The number of nitrogens with zero attached hydrogens (tertiary/aromatic N) is 2. The summed E-state index contributed by atoms with van der Waals surface area (Å²) in [6.45, 7) is 0.636. The van der Waals surface area contributed by atoms with E-state index in [4.69, 9.17) is 23.2 Å². The summed E-state index contributed by atoms with van der Waals surface area (Å²) in [7, 11) is 1.55. The van der Waals surface area contributed by atoms with E-state index in [-0.39, 0.29) is 24.6 Å². The number of carbonyl (C=O) groups excluding carboxylic acids is 2. The Hall–Kier alpha value is -2.78. The van der Waals surface area contributed by atoms with Crippen molar-refractivity contribution in [2.45, 2.75) is 19.0 Å². The molecular weight excluding hydrogens is 468 g/mol. The first-order valence-corrected chi connectivity index (χ1v) is 10.3. The zero-order valence-corrected chi connectivity index (χ0v) is 18.4. The Balaban J connectivity index is 1.64. The van der Waals surface area contributed by atoms with Gasteiger partial charge in [-0.1, -0.05) is 29.3 Å². The number of benzene rings is 1. The summed E-state index contributed by atoms with van der Waals surface area (Å²) in [6, 6.07) is 4.27. The molecule has 0 radical (unpaired) electrons. The van der Waals surface area contributed by atoms with Crippen LogP contribution in [0.25, 0.3) is 5.57 Å². The van der Waals surface area contributed by atoms with Gasteiger partial charge in [-0.2, -0.15) is 13.2 Å². The van der Waals surface area contributed by atoms with Crippen molar-refractivity contribution in [2.24, 2.45) is 0 Å². The molecule has 0 aliphatic carbocycles. The average molecular weight is 487 g/mol. The second-order valence-electron chi connectivity index (χ2n) is 7.07. The number of alkyl halides is 3. The topological polar surface area (TPSA) is 74.3 Å². The lowest BCUT2D eigenvalue weighted by Crippen LogP contribution is -2.38. The van der Waals surface area contributed by atoms with Gasteiger partial charge in [0.1, 0.15) is 0 Å². The van der Waals surface area contributed by atoms with Crippen LogP contribution >= 0.6 is 23.2 Å². The van der Waals surface area contributed by atoms with Gasteiger partial charge in [0.25, 0.3) is 0 Å². The Morgan fingerprint density at radius 1 is 1.19 bits per heavy atom. The molecule has 3 rings (SSSR count). The number of hydrogen-bond acceptors (Lipinski definition) is 3. The molecule has 11 heteroatoms. The molecule has 0 spiro atoms. The van der Waals surface area contributed by atoms with Crippen LogP contribution < -0.4 is 10.6 Å². The molecule has 0 bridgehead atoms. The first kappa shape index (κ1) is 23.9. The van der Waals surface area contributed by atoms with Crippen LogP contribution in [0.5, 0.6) is 0 Å². The zero-order valence-electron chi connectivity index (χ0n) is 16.9. The highest BCUT2D eigenvalue weighted by Crippen LogP contribution is 2.36. The van der Waals surface area contributed by atoms with Crippen LogP contribution in [0.4, 0.5) is 23.7 Å². The number of likely N-dealkylation sites (N-methyl/N-ethyl adjacent to an activating group) is 1. The predicted octanol–water partition coefficient (Wildman–Crippen LogP) is 5.02. The summed E-state index contributed by atoms with van der Waals surface area (Å²) in [5.41, 5.74) is 1.34. The second kappa shape index (κ2) is 9.79. The van der Waals surface area contributed by atoms with Crippen molar-refractivity contribution in [3.05, 3.63) is 63.4 Å². The Labute approximate surface area is 192 Å². The van der Waals surface area contributed by atoms with Crippen molar-refractivity contribution in [3.8, 4) is 0 Å². The Morgan fingerprint density at radius 3 is 2.50 bits per heavy atom. The number of pyridine rings is 1. The molecule has 1 aromatic carbocycles. The summed E-state index contributed by atoms with van der Waals surface area (Å²) in [5, 5.41) is 5.01. The van der Waals surface area contributed by atoms with Gasteiger partial charge in [0.05, 0.1) is 27.7 Å². The molecule has 170 valence electrons. The molecule has 1 aromatic heterocycles. The van der Waals surface area contributed by atoms with E-state index in [0.29, 0.717) is 29.2 Å². The number of aromatic nitrogens is 1. The van der Waals surface area contributed by atoms with E-state index in [1.54, 1.807) is 19.3 Å². The lowest BCUT2D eigenvalue weighted by atomic mass is 10.0. The number of nitrogens with one attached hydrogen (secondary N) is 2. The molecule has 6 nitrogen and oxygen atoms in total. The normalized spacial score (nSPS) is 14.1. The van der Waals surface area contributed by atoms with E-state index in [2.05, 4.69) is 15.6 Å². The molecule has 3 amide bonds. The molecule has 1 aliphatic rings. The van der Waals surface area contributed by atoms with Crippen LogP contribution in [-0.2, 0) is 17.4 Å². The first-order valence-electron chi connectivity index (χ1n) is 9.55. The molecule has 0 unspecified atom stereocenters. The highest BCUT2D eigenvalue weighted by atomic mass is 35.5. The van der Waals surface area contributed by atoms with Crippen LogP contribution in [-0.4, -0.2) is 42.0 Å². The minimum atomic E-state index is -4.57. The van der Waals surface area contributed by atoms with Gasteiger partial charge < -0.3 is 15.5 Å². The van der Waals surface area contributed by atoms with Gasteiger partial charge in [0.15, 0.2) is 0 Å². The Kier molecular flexibility index (Phi) is 7.30. The fourth-order valence-corrected chi connectivity index (χ4v) is 3.78. The quantitative estimate of drug-likeness (QED) is 0.637. The minimum Gasteiger partial charge on any atom is -0.359 e. The molecule has 0 saturated carbocycles. The SMILES string of the molecule is CNC(=O)Cc1cnc(C2=CCN(C(=O)Nc3ccc(C(F)(F)F)c(Cl)c3)CC2)c(Cl)c1. The maximum Gasteiger partial charge on any atom is 0.417 e. The van der Waals surface area contributed by atoms with E-state index in [1.165, 1.54) is 4.90 Å². The van der Waals surface area contributed by atoms with E-state index >= 15 is 0 Å². The largest absolute Gasteiger partial charge is 0.417 e. The number of anilines is 1. The maximum absolute atomic E-state index is 12.8. The molecule has 0 saturated heterocycles. The van der Waals surface area contributed by atoms with E-state index < -0.39 is 22.8 Å². The zero-order chi connectivity index (χ0) is 23.5. The summed E-state index contributed by atoms with van der Waals surface area (Å²) in [4.78, 5) is 29.8. The molecule has 0 fully saturated rings. The van der Waals surface area contributed by atoms with Gasteiger partial charge in [0, 0.05) is 32.0 Å². The molecule has 1 aliphatic heterocycles. The van der Waals surface area contributed by atoms with Crippen LogP contribution in [0.15, 0.2) is 36.5 Å². The molecule has 2 heterocycles. The van der Waals surface area contributed by atoms with Crippen molar-refractivity contribution in [3.63, 3.8) is 0 Å². The van der Waals surface area contributed by atoms with Crippen LogP contribution in [0.3, 0.4) is 0 Å². The van der Waals surface area contributed by atoms with Crippen molar-refractivity contribution in [1.29, 1.82) is 0 Å². The minimum absolute atomic E-state index is 0.150. The highest BCUT2D eigenvalue weighted by Gasteiger charge is 2.33. The summed E-state index contributed by atoms with van der Waals surface area (Å²) in [6.07, 6.45) is -0.503. The highest BCUT2D eigenvalue weighted by molar-refractivity contribution is 6.32. The van der Waals surface area contributed by atoms with Crippen molar-refractivity contribution in [1.82, 2.24) is 15.2 Å². The van der Waals surface area contributed by atoms with Crippen LogP contribution in [0.1, 0.15) is 23.2 Å². The number of halogens is 5. The number of carbonyl (C=O) groups is 2. The summed E-state index contributed by atoms with van der Waals surface area (Å²) in [5.74, 6) is -0.150. The lowest BCUT2D eigenvalue weighted by Gasteiger charge is -2.27. The monoisotopic (exact) mass is 486 g/mol. The van der Waals surface area contributed by atoms with Crippen molar-refractivity contribution < 1.29 is 22.8 Å². The van der Waals surface area contributed by atoms with Gasteiger partial charge in [0.2, 0.25) is 5.91 Å². The van der Waals surface area contributed by atoms with E-state index in [9.17, 15) is 22.8 Å². The fraction of sp³-hybridized carbons (Fsp3) is 0.286. The first-order chi connectivity index (χ1) is 15.1. The second-order valence-corrected chi connectivity index (χ2v) is 7.89. The van der Waals surface area contributed by atoms with Crippen LogP contribution in [0.2, 0.25) is 10.0 Å². The molecule has 2 N–H and O–H groups in total. The molecule has 32 heavy (non-hydrogen) atoms. The lowest BCUT2D eigenvalue weighted by molar-refractivity contribution is -0.137. The standard InChI is InChI=1S/C21H19Cl2F3N4O2/c1-27-18(31)9-12-8-17(23)19(28-11-12)13-4-6-30(7-5-13)20(32)29-14-2-3-15(16(22)10-14)21(24,25)26/h2-4,8,10-11H,5-7,9H2,1H3,(H,27,31)(H,29,32). The van der Waals surface area contributed by atoms with Crippen LogP contribution in [0, 0.1) is 0 Å². The third-order valence-electron chi connectivity index (χ3n) is 4.87. The van der Waals surface area contributed by atoms with Crippen molar-refractivity contribution >= 4 is 46.4 Å². The molecule has 2 aromatic rings. The Morgan fingerprint density at radius 2 is 1.94 bits per heavy atom. The Bertz CT molecular complexity index is 1070. The van der Waals surface area contributed by atoms with E-state index in [1.807, 2.05) is 6.08 Å². The number of amides is 3. The molecule has 0 atom stereocenters. The summed E-state index contributed by atoms with van der Waals surface area (Å²) >= 11 is 12.0. The van der Waals surface area contributed by atoms with Gasteiger partial charge in [-0.3, -0.25) is 9.78 Å². The van der Waals surface area contributed by atoms with Gasteiger partial charge >= 0.3 is 12.2 Å². The van der Waals surface area contributed by atoms with E-state index in [0.717, 1.165) is 23.8 Å².